The topological polar surface area (TPSA) is 84.3 Å². The third-order valence-electron chi connectivity index (χ3n) is 5.39. The lowest BCUT2D eigenvalue weighted by atomic mass is 9.77. The second-order valence-corrected chi connectivity index (χ2v) is 7.54. The van der Waals surface area contributed by atoms with Crippen LogP contribution in [0.5, 0.6) is 5.75 Å². The van der Waals surface area contributed by atoms with Gasteiger partial charge in [-0.15, -0.1) is 10.2 Å². The highest BCUT2D eigenvalue weighted by Gasteiger charge is 2.39. The lowest BCUT2D eigenvalue weighted by Crippen LogP contribution is -2.41. The number of aromatic nitrogens is 3. The van der Waals surface area contributed by atoms with E-state index in [-0.39, 0.29) is 11.8 Å². The fourth-order valence-corrected chi connectivity index (χ4v) is 4.07. The predicted molar refractivity (Wildman–Crippen MR) is 98.0 cm³/mol. The Morgan fingerprint density at radius 1 is 1.23 bits per heavy atom. The highest BCUT2D eigenvalue weighted by Crippen LogP contribution is 2.43. The second-order valence-electron chi connectivity index (χ2n) is 7.54. The lowest BCUT2D eigenvalue weighted by Gasteiger charge is -2.41. The van der Waals surface area contributed by atoms with E-state index in [4.69, 9.17) is 4.42 Å². The minimum atomic E-state index is -0.586. The normalized spacial score (nSPS) is 22.8. The number of furan rings is 1. The molecule has 3 aromatic heterocycles. The Balaban J connectivity index is 1.61. The number of fused-ring (bicyclic) bond motifs is 2. The largest absolute Gasteiger partial charge is 0.506 e. The van der Waals surface area contributed by atoms with E-state index >= 15 is 0 Å². The molecular formula is C20H19N3O3. The third kappa shape index (κ3) is 2.15. The van der Waals surface area contributed by atoms with Crippen LogP contribution >= 0.6 is 0 Å². The van der Waals surface area contributed by atoms with Gasteiger partial charge in [-0.05, 0) is 56.5 Å². The number of nitrogens with zero attached hydrogens (tertiary/aromatic N) is 3. The van der Waals surface area contributed by atoms with Gasteiger partial charge in [0, 0.05) is 23.2 Å². The number of phenols is 1. The highest BCUT2D eigenvalue weighted by molar-refractivity contribution is 5.94. The Bertz CT molecular complexity index is 1150. The van der Waals surface area contributed by atoms with Gasteiger partial charge in [-0.3, -0.25) is 0 Å². The summed E-state index contributed by atoms with van der Waals surface area (Å²) in [5, 5.41) is 31.1. The number of benzene rings is 1. The molecule has 0 atom stereocenters. The molecule has 132 valence electrons. The van der Waals surface area contributed by atoms with Gasteiger partial charge in [0.05, 0.1) is 22.9 Å². The predicted octanol–water partition coefficient (Wildman–Crippen LogP) is 3.94. The first-order valence-corrected chi connectivity index (χ1v) is 8.70. The third-order valence-corrected chi connectivity index (χ3v) is 5.39. The Kier molecular flexibility index (Phi) is 3.01. The van der Waals surface area contributed by atoms with Crippen LogP contribution in [-0.4, -0.2) is 30.6 Å². The molecule has 5 rings (SSSR count). The van der Waals surface area contributed by atoms with E-state index in [1.54, 1.807) is 12.3 Å². The van der Waals surface area contributed by atoms with Crippen molar-refractivity contribution < 1.29 is 14.6 Å². The minimum Gasteiger partial charge on any atom is -0.506 e. The number of phenolic OH excluding ortho intramolecular Hbond substituents is 1. The van der Waals surface area contributed by atoms with E-state index in [0.29, 0.717) is 22.2 Å². The lowest BCUT2D eigenvalue weighted by molar-refractivity contribution is -0.0498. The van der Waals surface area contributed by atoms with Crippen molar-refractivity contribution >= 4 is 22.0 Å². The zero-order valence-corrected chi connectivity index (χ0v) is 14.6. The Labute approximate surface area is 149 Å². The molecule has 6 heteroatoms. The van der Waals surface area contributed by atoms with Crippen LogP contribution in [0, 0.1) is 6.92 Å². The van der Waals surface area contributed by atoms with Crippen molar-refractivity contribution in [1.29, 1.82) is 0 Å². The average molecular weight is 349 g/mol. The molecule has 0 spiro atoms. The number of hydrogen-bond acceptors (Lipinski definition) is 5. The molecule has 0 saturated heterocycles. The molecule has 1 aromatic carbocycles. The van der Waals surface area contributed by atoms with E-state index in [0.717, 1.165) is 29.4 Å². The van der Waals surface area contributed by atoms with Gasteiger partial charge in [0.15, 0.2) is 5.65 Å². The van der Waals surface area contributed by atoms with Gasteiger partial charge in [0.25, 0.3) is 0 Å². The molecule has 1 aliphatic carbocycles. The summed E-state index contributed by atoms with van der Waals surface area (Å²) in [5.41, 5.74) is 3.06. The molecule has 0 unspecified atom stereocenters. The molecule has 4 aromatic rings. The SMILES string of the molecule is Cc1cc2occc2c(O)c1-c1cc2ccn(C3CC(C)(O)C3)c2nn1. The van der Waals surface area contributed by atoms with Crippen LogP contribution in [-0.2, 0) is 0 Å². The van der Waals surface area contributed by atoms with Crippen molar-refractivity contribution in [2.45, 2.75) is 38.3 Å². The van der Waals surface area contributed by atoms with Crippen LogP contribution in [0.4, 0.5) is 0 Å². The second kappa shape index (κ2) is 5.08. The fourth-order valence-electron chi connectivity index (χ4n) is 4.07. The van der Waals surface area contributed by atoms with Crippen LogP contribution in [0.25, 0.3) is 33.3 Å². The van der Waals surface area contributed by atoms with E-state index < -0.39 is 5.60 Å². The van der Waals surface area contributed by atoms with E-state index in [9.17, 15) is 10.2 Å². The molecule has 1 aliphatic rings. The molecule has 26 heavy (non-hydrogen) atoms. The average Bonchev–Trinajstić information content (AvgIpc) is 3.18. The number of aliphatic hydroxyl groups is 1. The van der Waals surface area contributed by atoms with Gasteiger partial charge in [0.2, 0.25) is 0 Å². The Hall–Kier alpha value is -2.86. The molecule has 1 fully saturated rings. The summed E-state index contributed by atoms with van der Waals surface area (Å²) in [6.45, 7) is 3.78. The fraction of sp³-hybridized carbons (Fsp3) is 0.300. The number of aromatic hydroxyl groups is 1. The standard InChI is InChI=1S/C20H19N3O3/c1-11-7-16-14(4-6-26-16)18(24)17(11)15-8-12-3-5-23(19(12)22-21-15)13-9-20(2,25)10-13/h3-8,13,24-25H,9-10H2,1-2H3. The maximum absolute atomic E-state index is 10.7. The molecule has 6 nitrogen and oxygen atoms in total. The van der Waals surface area contributed by atoms with Gasteiger partial charge >= 0.3 is 0 Å². The van der Waals surface area contributed by atoms with Crippen molar-refractivity contribution in [2.24, 2.45) is 0 Å². The van der Waals surface area contributed by atoms with Gasteiger partial charge in [0.1, 0.15) is 11.3 Å². The molecule has 0 radical (unpaired) electrons. The first-order chi connectivity index (χ1) is 12.4. The molecule has 1 saturated carbocycles. The summed E-state index contributed by atoms with van der Waals surface area (Å²) in [6, 6.07) is 7.85. The van der Waals surface area contributed by atoms with Crippen molar-refractivity contribution in [3.05, 3.63) is 42.3 Å². The maximum atomic E-state index is 10.7. The summed E-state index contributed by atoms with van der Waals surface area (Å²) in [6.07, 6.45) is 5.00. The monoisotopic (exact) mass is 349 g/mol. The van der Waals surface area contributed by atoms with Crippen LogP contribution in [0.3, 0.4) is 0 Å². The first kappa shape index (κ1) is 15.4. The van der Waals surface area contributed by atoms with Crippen LogP contribution < -0.4 is 0 Å². The summed E-state index contributed by atoms with van der Waals surface area (Å²) >= 11 is 0. The first-order valence-electron chi connectivity index (χ1n) is 8.70. The minimum absolute atomic E-state index is 0.164. The van der Waals surface area contributed by atoms with Crippen LogP contribution in [0.2, 0.25) is 0 Å². The van der Waals surface area contributed by atoms with Crippen molar-refractivity contribution in [1.82, 2.24) is 14.8 Å². The smallest absolute Gasteiger partial charge is 0.162 e. The quantitative estimate of drug-likeness (QED) is 0.572. The highest BCUT2D eigenvalue weighted by atomic mass is 16.3. The number of hydrogen-bond donors (Lipinski definition) is 2. The van der Waals surface area contributed by atoms with Gasteiger partial charge < -0.3 is 19.2 Å². The van der Waals surface area contributed by atoms with Gasteiger partial charge in [-0.25, -0.2) is 0 Å². The van der Waals surface area contributed by atoms with E-state index in [1.165, 1.54) is 0 Å². The summed E-state index contributed by atoms with van der Waals surface area (Å²) < 4.78 is 7.47. The molecule has 3 heterocycles. The molecule has 0 amide bonds. The van der Waals surface area contributed by atoms with Crippen LogP contribution in [0.1, 0.15) is 31.4 Å². The Morgan fingerprint density at radius 3 is 2.81 bits per heavy atom. The number of rotatable bonds is 2. The molecular weight excluding hydrogens is 330 g/mol. The van der Waals surface area contributed by atoms with E-state index in [2.05, 4.69) is 14.8 Å². The summed E-state index contributed by atoms with van der Waals surface area (Å²) in [5.74, 6) is 0.164. The van der Waals surface area contributed by atoms with Gasteiger partial charge in [-0.1, -0.05) is 0 Å². The molecule has 0 bridgehead atoms. The van der Waals surface area contributed by atoms with Crippen molar-refractivity contribution in [3.8, 4) is 17.0 Å². The van der Waals surface area contributed by atoms with E-state index in [1.807, 2.05) is 38.2 Å². The summed E-state index contributed by atoms with van der Waals surface area (Å²) in [4.78, 5) is 0. The number of aryl methyl sites for hydroxylation is 1. The molecule has 0 aliphatic heterocycles. The zero-order chi connectivity index (χ0) is 18.1. The van der Waals surface area contributed by atoms with Crippen molar-refractivity contribution in [2.75, 3.05) is 0 Å². The van der Waals surface area contributed by atoms with Crippen molar-refractivity contribution in [3.63, 3.8) is 0 Å². The zero-order valence-electron chi connectivity index (χ0n) is 14.6. The van der Waals surface area contributed by atoms with Gasteiger partial charge in [-0.2, -0.15) is 0 Å². The summed E-state index contributed by atoms with van der Waals surface area (Å²) in [7, 11) is 0. The molecule has 2 N–H and O–H groups in total. The Morgan fingerprint density at radius 2 is 2.04 bits per heavy atom. The maximum Gasteiger partial charge on any atom is 0.162 e. The van der Waals surface area contributed by atoms with Crippen LogP contribution in [0.15, 0.2) is 41.1 Å².